The molecule has 0 saturated heterocycles. The van der Waals surface area contributed by atoms with Gasteiger partial charge in [0.15, 0.2) is 0 Å². The average Bonchev–Trinajstić information content (AvgIpc) is 3.36. The maximum absolute atomic E-state index is 13.0. The van der Waals surface area contributed by atoms with E-state index < -0.39 is 12.0 Å². The molecule has 0 unspecified atom stereocenters. The van der Waals surface area contributed by atoms with Gasteiger partial charge in [-0.15, -0.1) is 11.3 Å². The summed E-state index contributed by atoms with van der Waals surface area (Å²) < 4.78 is 31.8. The number of rotatable bonds is 8. The number of hydrogen-bond donors (Lipinski definition) is 1. The van der Waals surface area contributed by atoms with Crippen LogP contribution in [0.3, 0.4) is 0 Å². The topological polar surface area (TPSA) is 67.4 Å². The van der Waals surface area contributed by atoms with Crippen molar-refractivity contribution in [2.24, 2.45) is 5.92 Å². The van der Waals surface area contributed by atoms with Crippen LogP contribution in [-0.4, -0.2) is 51.9 Å². The number of ether oxygens (including phenoxy) is 1. The molecule has 2 aromatic rings. The second kappa shape index (κ2) is 10.1. The van der Waals surface area contributed by atoms with Gasteiger partial charge in [0.25, 0.3) is 11.1 Å². The Hall–Kier alpha value is -1.65. The first-order valence-corrected chi connectivity index (χ1v) is 13.9. The van der Waals surface area contributed by atoms with Gasteiger partial charge in [0, 0.05) is 47.9 Å². The summed E-state index contributed by atoms with van der Waals surface area (Å²) >= 11 is 3.11. The van der Waals surface area contributed by atoms with Crippen LogP contribution in [0.15, 0.2) is 6.20 Å². The number of aromatic nitrogens is 2. The predicted octanol–water partition coefficient (Wildman–Crippen LogP) is 4.75. The Balaban J connectivity index is 1.00. The lowest BCUT2D eigenvalue weighted by Crippen LogP contribution is -2.43. The molecule has 1 aliphatic heterocycles. The maximum atomic E-state index is 13.0. The van der Waals surface area contributed by atoms with Crippen LogP contribution in [-0.2, 0) is 24.2 Å². The fourth-order valence-electron chi connectivity index (χ4n) is 5.19. The van der Waals surface area contributed by atoms with Crippen molar-refractivity contribution in [3.05, 3.63) is 26.7 Å². The van der Waals surface area contributed by atoms with Crippen LogP contribution in [0, 0.1) is 12.8 Å². The number of alkyl halides is 2. The van der Waals surface area contributed by atoms with Crippen molar-refractivity contribution in [3.8, 4) is 5.19 Å². The molecule has 2 aromatic heterocycles. The second-order valence-electron chi connectivity index (χ2n) is 9.98. The minimum atomic E-state index is -2.57. The molecule has 0 atom stereocenters. The van der Waals surface area contributed by atoms with Gasteiger partial charge in [-0.05, 0) is 57.9 Å². The zero-order chi connectivity index (χ0) is 23.7. The zero-order valence-corrected chi connectivity index (χ0v) is 21.2. The molecule has 10 heteroatoms. The number of aryl methyl sites for hydroxylation is 1. The van der Waals surface area contributed by atoms with E-state index in [0.29, 0.717) is 23.6 Å². The number of nitrogens with zero attached hydrogens (tertiary/aromatic N) is 3. The van der Waals surface area contributed by atoms with E-state index in [4.69, 9.17) is 4.74 Å². The SMILES string of the molecule is Cc1ncc(CC(=O)NC2CCC(CCN3CCc4sc(OC5CC(F)(F)C5)nc4C3)CC2)s1. The Kier molecular flexibility index (Phi) is 7.18. The van der Waals surface area contributed by atoms with E-state index in [1.807, 2.05) is 6.92 Å². The summed E-state index contributed by atoms with van der Waals surface area (Å²) in [6, 6.07) is 0.291. The van der Waals surface area contributed by atoms with E-state index in [9.17, 15) is 13.6 Å². The molecule has 5 rings (SSSR count). The van der Waals surface area contributed by atoms with Crippen molar-refractivity contribution in [1.82, 2.24) is 20.2 Å². The summed E-state index contributed by atoms with van der Waals surface area (Å²) in [5.74, 6) is -1.76. The predicted molar refractivity (Wildman–Crippen MR) is 129 cm³/mol. The molecule has 2 aliphatic carbocycles. The van der Waals surface area contributed by atoms with E-state index in [1.54, 1.807) is 17.5 Å². The third-order valence-electron chi connectivity index (χ3n) is 7.18. The highest BCUT2D eigenvalue weighted by molar-refractivity contribution is 7.13. The van der Waals surface area contributed by atoms with Crippen LogP contribution in [0.2, 0.25) is 0 Å². The van der Waals surface area contributed by atoms with E-state index in [2.05, 4.69) is 20.2 Å². The van der Waals surface area contributed by atoms with Crippen molar-refractivity contribution in [2.75, 3.05) is 13.1 Å². The Labute approximate surface area is 207 Å². The summed E-state index contributed by atoms with van der Waals surface area (Å²) in [5.41, 5.74) is 1.06. The van der Waals surface area contributed by atoms with Gasteiger partial charge in [-0.2, -0.15) is 0 Å². The molecule has 186 valence electrons. The standard InChI is InChI=1S/C24H32F2N4O2S2/c1-15-27-13-19(33-15)10-22(31)28-17-4-2-16(3-5-17)6-8-30-9-7-21-20(14-30)29-23(34-21)32-18-11-24(25,26)12-18/h13,16-18H,2-12,14H2,1H3,(H,28,31). The lowest BCUT2D eigenvalue weighted by Gasteiger charge is -2.33. The first-order valence-electron chi connectivity index (χ1n) is 12.3. The number of hydrogen-bond acceptors (Lipinski definition) is 7. The highest BCUT2D eigenvalue weighted by Crippen LogP contribution is 2.41. The highest BCUT2D eigenvalue weighted by atomic mass is 32.1. The summed E-state index contributed by atoms with van der Waals surface area (Å²) in [6.45, 7) is 4.84. The van der Waals surface area contributed by atoms with Crippen molar-refractivity contribution < 1.29 is 18.3 Å². The van der Waals surface area contributed by atoms with Gasteiger partial charge >= 0.3 is 0 Å². The third kappa shape index (κ3) is 6.12. The number of amides is 1. The monoisotopic (exact) mass is 510 g/mol. The lowest BCUT2D eigenvalue weighted by atomic mass is 9.84. The van der Waals surface area contributed by atoms with Crippen molar-refractivity contribution in [1.29, 1.82) is 0 Å². The number of nitrogens with one attached hydrogen (secondary N) is 1. The van der Waals surface area contributed by atoms with Crippen molar-refractivity contribution >= 4 is 28.6 Å². The van der Waals surface area contributed by atoms with E-state index >= 15 is 0 Å². The number of halogens is 2. The van der Waals surface area contributed by atoms with Gasteiger partial charge in [0.2, 0.25) is 5.91 Å². The molecule has 6 nitrogen and oxygen atoms in total. The van der Waals surface area contributed by atoms with Crippen LogP contribution in [0.4, 0.5) is 8.78 Å². The maximum Gasteiger partial charge on any atom is 0.273 e. The zero-order valence-electron chi connectivity index (χ0n) is 19.5. The average molecular weight is 511 g/mol. The number of thiazole rings is 2. The summed E-state index contributed by atoms with van der Waals surface area (Å²) in [5, 5.41) is 4.76. The molecule has 1 N–H and O–H groups in total. The molecule has 34 heavy (non-hydrogen) atoms. The van der Waals surface area contributed by atoms with E-state index in [1.165, 1.54) is 22.6 Å². The fourth-order valence-corrected chi connectivity index (χ4v) is 6.95. The fraction of sp³-hybridized carbons (Fsp3) is 0.708. The van der Waals surface area contributed by atoms with Gasteiger partial charge in [-0.3, -0.25) is 9.69 Å². The molecule has 1 amide bonds. The van der Waals surface area contributed by atoms with Crippen molar-refractivity contribution in [2.45, 2.75) is 89.3 Å². The molecule has 3 aliphatic rings. The second-order valence-corrected chi connectivity index (χ2v) is 12.3. The molecular formula is C24H32F2N4O2S2. The van der Waals surface area contributed by atoms with Crippen LogP contribution >= 0.6 is 22.7 Å². The van der Waals surface area contributed by atoms with Crippen LogP contribution < -0.4 is 10.1 Å². The van der Waals surface area contributed by atoms with Gasteiger partial charge in [0.1, 0.15) is 6.10 Å². The van der Waals surface area contributed by atoms with Gasteiger partial charge in [-0.25, -0.2) is 18.7 Å². The number of fused-ring (bicyclic) bond motifs is 1. The third-order valence-corrected chi connectivity index (χ3v) is 9.14. The normalized spacial score (nSPS) is 24.9. The summed E-state index contributed by atoms with van der Waals surface area (Å²) in [6.07, 6.45) is 7.99. The molecule has 0 spiro atoms. The lowest BCUT2D eigenvalue weighted by molar-refractivity contribution is -0.134. The molecule has 2 saturated carbocycles. The highest BCUT2D eigenvalue weighted by Gasteiger charge is 2.47. The Morgan fingerprint density at radius 2 is 2.06 bits per heavy atom. The Morgan fingerprint density at radius 3 is 2.76 bits per heavy atom. The molecule has 3 heterocycles. The summed E-state index contributed by atoms with van der Waals surface area (Å²) in [7, 11) is 0. The van der Waals surface area contributed by atoms with Gasteiger partial charge in [-0.1, -0.05) is 11.3 Å². The molecule has 2 fully saturated rings. The Bertz CT molecular complexity index is 995. The number of carbonyl (C=O) groups excluding carboxylic acids is 1. The molecule has 0 aromatic carbocycles. The van der Waals surface area contributed by atoms with Crippen LogP contribution in [0.1, 0.15) is 65.4 Å². The minimum Gasteiger partial charge on any atom is -0.466 e. The van der Waals surface area contributed by atoms with Crippen LogP contribution in [0.25, 0.3) is 0 Å². The minimum absolute atomic E-state index is 0.105. The largest absolute Gasteiger partial charge is 0.466 e. The van der Waals surface area contributed by atoms with Crippen LogP contribution in [0.5, 0.6) is 5.19 Å². The van der Waals surface area contributed by atoms with Crippen molar-refractivity contribution in [3.63, 3.8) is 0 Å². The molecular weight excluding hydrogens is 478 g/mol. The van der Waals surface area contributed by atoms with Gasteiger partial charge in [0.05, 0.1) is 17.1 Å². The quantitative estimate of drug-likeness (QED) is 0.555. The van der Waals surface area contributed by atoms with Gasteiger partial charge < -0.3 is 10.1 Å². The first kappa shape index (κ1) is 24.1. The first-order chi connectivity index (χ1) is 16.3. The molecule has 0 radical (unpaired) electrons. The van der Waals surface area contributed by atoms with E-state index in [0.717, 1.165) is 67.3 Å². The number of carbonyl (C=O) groups is 1. The smallest absolute Gasteiger partial charge is 0.273 e. The van der Waals surface area contributed by atoms with E-state index in [-0.39, 0.29) is 18.7 Å². The molecule has 0 bridgehead atoms. The summed E-state index contributed by atoms with van der Waals surface area (Å²) in [4.78, 5) is 25.9. The Morgan fingerprint density at radius 1 is 1.26 bits per heavy atom.